The summed E-state index contributed by atoms with van der Waals surface area (Å²) in [5.74, 6) is 2.43. The minimum Gasteiger partial charge on any atom is -0.486 e. The minimum atomic E-state index is -0.165. The van der Waals surface area contributed by atoms with E-state index in [1.807, 2.05) is 18.2 Å². The molecule has 1 fully saturated rings. The molecule has 0 aromatic heterocycles. The van der Waals surface area contributed by atoms with E-state index in [0.717, 1.165) is 29.5 Å². The molecule has 3 rings (SSSR count). The molecule has 5 nitrogen and oxygen atoms in total. The van der Waals surface area contributed by atoms with Gasteiger partial charge < -0.3 is 20.1 Å². The monoisotopic (exact) mass is 318 g/mol. The molecule has 0 bridgehead atoms. The van der Waals surface area contributed by atoms with Crippen LogP contribution in [0.1, 0.15) is 32.3 Å². The molecule has 1 heterocycles. The van der Waals surface area contributed by atoms with Gasteiger partial charge in [-0.05, 0) is 43.0 Å². The largest absolute Gasteiger partial charge is 0.486 e. The zero-order chi connectivity index (χ0) is 16.3. The lowest BCUT2D eigenvalue weighted by Gasteiger charge is -2.28. The van der Waals surface area contributed by atoms with Crippen molar-refractivity contribution >= 4 is 5.91 Å². The van der Waals surface area contributed by atoms with E-state index < -0.39 is 0 Å². The van der Waals surface area contributed by atoms with Crippen LogP contribution in [0.3, 0.4) is 0 Å². The Kier molecular flexibility index (Phi) is 4.76. The summed E-state index contributed by atoms with van der Waals surface area (Å²) in [6, 6.07) is 6.02. The molecule has 2 N–H and O–H groups in total. The third-order valence-electron chi connectivity index (χ3n) is 4.47. The predicted octanol–water partition coefficient (Wildman–Crippen LogP) is 1.85. The Morgan fingerprint density at radius 1 is 1.22 bits per heavy atom. The van der Waals surface area contributed by atoms with Gasteiger partial charge in [0.05, 0.1) is 6.54 Å². The summed E-state index contributed by atoms with van der Waals surface area (Å²) in [5, 5.41) is 6.24. The van der Waals surface area contributed by atoms with Crippen LogP contribution in [-0.2, 0) is 10.2 Å². The van der Waals surface area contributed by atoms with Crippen LogP contribution in [0.15, 0.2) is 18.2 Å². The van der Waals surface area contributed by atoms with Crippen molar-refractivity contribution in [1.29, 1.82) is 0 Å². The quantitative estimate of drug-likeness (QED) is 0.805. The lowest BCUT2D eigenvalue weighted by atomic mass is 9.84. The highest BCUT2D eigenvalue weighted by molar-refractivity contribution is 5.78. The number of rotatable bonds is 7. The van der Waals surface area contributed by atoms with Gasteiger partial charge in [-0.3, -0.25) is 4.79 Å². The van der Waals surface area contributed by atoms with Gasteiger partial charge in [-0.15, -0.1) is 0 Å². The van der Waals surface area contributed by atoms with Crippen molar-refractivity contribution in [3.63, 3.8) is 0 Å². The van der Waals surface area contributed by atoms with Crippen molar-refractivity contribution in [3.8, 4) is 11.5 Å². The van der Waals surface area contributed by atoms with Crippen LogP contribution in [0, 0.1) is 5.92 Å². The summed E-state index contributed by atoms with van der Waals surface area (Å²) in [7, 11) is 0. The standard InChI is InChI=1S/C18H26N2O3/c1-18(2,12-20-17(21)11-19-10-13-3-4-13)14-5-6-15-16(9-14)23-8-7-22-15/h5-6,9,13,19H,3-4,7-8,10-12H2,1-2H3,(H,20,21). The first kappa shape index (κ1) is 16.1. The van der Waals surface area contributed by atoms with Gasteiger partial charge in [0.2, 0.25) is 5.91 Å². The Bertz CT molecular complexity index is 567. The van der Waals surface area contributed by atoms with Gasteiger partial charge in [-0.1, -0.05) is 19.9 Å². The van der Waals surface area contributed by atoms with Crippen molar-refractivity contribution in [2.75, 3.05) is 32.8 Å². The van der Waals surface area contributed by atoms with Crippen LogP contribution >= 0.6 is 0 Å². The van der Waals surface area contributed by atoms with Gasteiger partial charge in [-0.25, -0.2) is 0 Å². The van der Waals surface area contributed by atoms with Crippen molar-refractivity contribution in [2.45, 2.75) is 32.1 Å². The maximum atomic E-state index is 11.9. The molecule has 0 radical (unpaired) electrons. The number of amides is 1. The molecule has 0 atom stereocenters. The maximum absolute atomic E-state index is 11.9. The van der Waals surface area contributed by atoms with E-state index in [1.54, 1.807) is 0 Å². The van der Waals surface area contributed by atoms with E-state index >= 15 is 0 Å². The average Bonchev–Trinajstić information content (AvgIpc) is 3.37. The summed E-state index contributed by atoms with van der Waals surface area (Å²) in [6.07, 6.45) is 2.59. The van der Waals surface area contributed by atoms with Gasteiger partial charge in [0.25, 0.3) is 0 Å². The Morgan fingerprint density at radius 2 is 1.96 bits per heavy atom. The third-order valence-corrected chi connectivity index (χ3v) is 4.47. The number of hydrogen-bond donors (Lipinski definition) is 2. The summed E-state index contributed by atoms with van der Waals surface area (Å²) >= 11 is 0. The summed E-state index contributed by atoms with van der Waals surface area (Å²) < 4.78 is 11.2. The summed E-state index contributed by atoms with van der Waals surface area (Å²) in [4.78, 5) is 11.9. The second-order valence-electron chi connectivity index (χ2n) is 7.09. The molecule has 1 amide bonds. The number of fused-ring (bicyclic) bond motifs is 1. The number of nitrogens with one attached hydrogen (secondary N) is 2. The first-order valence-electron chi connectivity index (χ1n) is 8.42. The van der Waals surface area contributed by atoms with Gasteiger partial charge in [0.15, 0.2) is 11.5 Å². The maximum Gasteiger partial charge on any atom is 0.233 e. The first-order chi connectivity index (χ1) is 11.0. The van der Waals surface area contributed by atoms with Crippen LogP contribution in [0.25, 0.3) is 0 Å². The molecule has 2 aliphatic rings. The van der Waals surface area contributed by atoms with Gasteiger partial charge in [-0.2, -0.15) is 0 Å². The van der Waals surface area contributed by atoms with E-state index in [9.17, 15) is 4.79 Å². The van der Waals surface area contributed by atoms with Gasteiger partial charge in [0, 0.05) is 12.0 Å². The number of hydrogen-bond acceptors (Lipinski definition) is 4. The fourth-order valence-electron chi connectivity index (χ4n) is 2.66. The molecule has 0 unspecified atom stereocenters. The van der Waals surface area contributed by atoms with Gasteiger partial charge >= 0.3 is 0 Å². The van der Waals surface area contributed by atoms with Crippen LogP contribution < -0.4 is 20.1 Å². The molecule has 0 spiro atoms. The third kappa shape index (κ3) is 4.38. The minimum absolute atomic E-state index is 0.0521. The molecule has 0 saturated heterocycles. The molecule has 1 aromatic rings. The Morgan fingerprint density at radius 3 is 2.70 bits per heavy atom. The van der Waals surface area contributed by atoms with Crippen LogP contribution in [0.4, 0.5) is 0 Å². The second kappa shape index (κ2) is 6.79. The molecule has 5 heteroatoms. The Balaban J connectivity index is 1.52. The number of carbonyl (C=O) groups excluding carboxylic acids is 1. The summed E-state index contributed by atoms with van der Waals surface area (Å²) in [6.45, 7) is 7.37. The van der Waals surface area contributed by atoms with E-state index in [-0.39, 0.29) is 11.3 Å². The van der Waals surface area contributed by atoms with E-state index in [4.69, 9.17) is 9.47 Å². The van der Waals surface area contributed by atoms with Crippen LogP contribution in [0.2, 0.25) is 0 Å². The normalized spacial score (nSPS) is 17.0. The van der Waals surface area contributed by atoms with Crippen LogP contribution in [-0.4, -0.2) is 38.8 Å². The molecule has 1 aromatic carbocycles. The highest BCUT2D eigenvalue weighted by atomic mass is 16.6. The fourth-order valence-corrected chi connectivity index (χ4v) is 2.66. The second-order valence-corrected chi connectivity index (χ2v) is 7.09. The molecular formula is C18H26N2O3. The number of benzene rings is 1. The molecule has 1 saturated carbocycles. The molecular weight excluding hydrogens is 292 g/mol. The van der Waals surface area contributed by atoms with E-state index in [1.165, 1.54) is 12.8 Å². The smallest absolute Gasteiger partial charge is 0.233 e. The fraction of sp³-hybridized carbons (Fsp3) is 0.611. The summed E-state index contributed by atoms with van der Waals surface area (Å²) in [5.41, 5.74) is 0.968. The highest BCUT2D eigenvalue weighted by Gasteiger charge is 2.24. The van der Waals surface area contributed by atoms with Crippen molar-refractivity contribution in [3.05, 3.63) is 23.8 Å². The Labute approximate surface area is 137 Å². The molecule has 1 aliphatic carbocycles. The number of ether oxygens (including phenoxy) is 2. The number of carbonyl (C=O) groups is 1. The van der Waals surface area contributed by atoms with Crippen molar-refractivity contribution in [1.82, 2.24) is 10.6 Å². The first-order valence-corrected chi connectivity index (χ1v) is 8.42. The lowest BCUT2D eigenvalue weighted by Crippen LogP contribution is -2.41. The molecule has 126 valence electrons. The van der Waals surface area contributed by atoms with Crippen LogP contribution in [0.5, 0.6) is 11.5 Å². The van der Waals surface area contributed by atoms with Gasteiger partial charge in [0.1, 0.15) is 13.2 Å². The lowest BCUT2D eigenvalue weighted by molar-refractivity contribution is -0.120. The van der Waals surface area contributed by atoms with E-state index in [2.05, 4.69) is 24.5 Å². The zero-order valence-corrected chi connectivity index (χ0v) is 14.0. The zero-order valence-electron chi connectivity index (χ0n) is 14.0. The Hall–Kier alpha value is -1.75. The topological polar surface area (TPSA) is 59.6 Å². The SMILES string of the molecule is CC(C)(CNC(=O)CNCC1CC1)c1ccc2c(c1)OCCO2. The van der Waals surface area contributed by atoms with Crippen molar-refractivity contribution in [2.24, 2.45) is 5.92 Å². The molecule has 23 heavy (non-hydrogen) atoms. The molecule has 1 aliphatic heterocycles. The van der Waals surface area contributed by atoms with Crippen molar-refractivity contribution < 1.29 is 14.3 Å². The predicted molar refractivity (Wildman–Crippen MR) is 89.1 cm³/mol. The average molecular weight is 318 g/mol. The van der Waals surface area contributed by atoms with E-state index in [0.29, 0.717) is 26.3 Å². The highest BCUT2D eigenvalue weighted by Crippen LogP contribution is 2.34.